The topological polar surface area (TPSA) is 58.4 Å². The highest BCUT2D eigenvalue weighted by atomic mass is 35.5. The van der Waals surface area contributed by atoms with Crippen LogP contribution in [0.15, 0.2) is 0 Å². The molecule has 3 N–H and O–H groups in total. The van der Waals surface area contributed by atoms with E-state index in [1.807, 2.05) is 11.8 Å². The van der Waals surface area contributed by atoms with Crippen LogP contribution in [-0.2, 0) is 4.79 Å². The number of rotatable bonds is 2. The minimum absolute atomic E-state index is 0. The molecule has 14 heavy (non-hydrogen) atoms. The van der Waals surface area contributed by atoms with Gasteiger partial charge in [-0.25, -0.2) is 0 Å². The van der Waals surface area contributed by atoms with Crippen molar-refractivity contribution in [3.63, 3.8) is 0 Å². The molecule has 1 saturated heterocycles. The van der Waals surface area contributed by atoms with Crippen LogP contribution in [0, 0.1) is 5.92 Å². The summed E-state index contributed by atoms with van der Waals surface area (Å²) in [4.78, 5) is 13.6. The Hall–Kier alpha value is -0.320. The zero-order valence-electron chi connectivity index (χ0n) is 8.82. The van der Waals surface area contributed by atoms with Crippen molar-refractivity contribution in [1.29, 1.82) is 0 Å². The third-order valence-electron chi connectivity index (χ3n) is 2.46. The molecule has 0 spiro atoms. The minimum atomic E-state index is -0.0368. The van der Waals surface area contributed by atoms with E-state index < -0.39 is 0 Å². The molecule has 0 aromatic heterocycles. The van der Waals surface area contributed by atoms with Crippen molar-refractivity contribution in [3.8, 4) is 0 Å². The molecule has 1 amide bonds. The minimum Gasteiger partial charge on any atom is -0.340 e. The summed E-state index contributed by atoms with van der Waals surface area (Å²) in [6.45, 7) is 6.93. The number of hydrogen-bond donors (Lipinski definition) is 2. The Labute approximate surface area is 91.6 Å². The Morgan fingerprint density at radius 3 is 2.86 bits per heavy atom. The largest absolute Gasteiger partial charge is 0.340 e. The van der Waals surface area contributed by atoms with Crippen LogP contribution in [0.4, 0.5) is 0 Å². The SMILES string of the molecule is CC1CN(C(=O)C(C)CN)CCN1.Cl. The summed E-state index contributed by atoms with van der Waals surface area (Å²) in [6, 6.07) is 0.405. The maximum Gasteiger partial charge on any atom is 0.226 e. The Morgan fingerprint density at radius 1 is 1.71 bits per heavy atom. The summed E-state index contributed by atoms with van der Waals surface area (Å²) in [6.07, 6.45) is 0. The third kappa shape index (κ3) is 3.44. The monoisotopic (exact) mass is 221 g/mol. The van der Waals surface area contributed by atoms with Gasteiger partial charge in [0.1, 0.15) is 0 Å². The maximum absolute atomic E-state index is 11.7. The molecule has 0 bridgehead atoms. The van der Waals surface area contributed by atoms with Crippen molar-refractivity contribution in [3.05, 3.63) is 0 Å². The molecule has 0 radical (unpaired) electrons. The van der Waals surface area contributed by atoms with Gasteiger partial charge in [0.2, 0.25) is 5.91 Å². The Morgan fingerprint density at radius 2 is 2.36 bits per heavy atom. The average Bonchev–Trinajstić information content (AvgIpc) is 2.15. The Bertz CT molecular complexity index is 189. The fourth-order valence-electron chi connectivity index (χ4n) is 1.54. The molecule has 0 aromatic carbocycles. The smallest absolute Gasteiger partial charge is 0.226 e. The van der Waals surface area contributed by atoms with Crippen LogP contribution < -0.4 is 11.1 Å². The Balaban J connectivity index is 0.00000169. The van der Waals surface area contributed by atoms with Gasteiger partial charge in [-0.15, -0.1) is 12.4 Å². The number of hydrogen-bond acceptors (Lipinski definition) is 3. The second kappa shape index (κ2) is 6.22. The summed E-state index contributed by atoms with van der Waals surface area (Å²) in [5.74, 6) is 0.154. The molecule has 5 heteroatoms. The van der Waals surface area contributed by atoms with Crippen molar-refractivity contribution < 1.29 is 4.79 Å². The molecule has 1 fully saturated rings. The van der Waals surface area contributed by atoms with Crippen LogP contribution in [-0.4, -0.2) is 43.0 Å². The second-order valence-corrected chi connectivity index (χ2v) is 3.78. The number of carbonyl (C=O) groups is 1. The second-order valence-electron chi connectivity index (χ2n) is 3.78. The summed E-state index contributed by atoms with van der Waals surface area (Å²) in [7, 11) is 0. The first kappa shape index (κ1) is 13.7. The number of nitrogens with zero attached hydrogens (tertiary/aromatic N) is 1. The third-order valence-corrected chi connectivity index (χ3v) is 2.46. The lowest BCUT2D eigenvalue weighted by Crippen LogP contribution is -2.53. The molecule has 1 aliphatic rings. The van der Waals surface area contributed by atoms with Gasteiger partial charge in [-0.05, 0) is 6.92 Å². The lowest BCUT2D eigenvalue weighted by atomic mass is 10.1. The predicted octanol–water partition coefficient (Wildman–Crippen LogP) is -0.177. The Kier molecular flexibility index (Phi) is 6.08. The first-order valence-electron chi connectivity index (χ1n) is 4.87. The fraction of sp³-hybridized carbons (Fsp3) is 0.889. The molecular weight excluding hydrogens is 202 g/mol. The van der Waals surface area contributed by atoms with Gasteiger partial charge >= 0.3 is 0 Å². The number of halogens is 1. The van der Waals surface area contributed by atoms with Crippen LogP contribution in [0.5, 0.6) is 0 Å². The van der Waals surface area contributed by atoms with Gasteiger partial charge in [0.05, 0.1) is 0 Å². The van der Waals surface area contributed by atoms with E-state index in [4.69, 9.17) is 5.73 Å². The fourth-order valence-corrected chi connectivity index (χ4v) is 1.54. The average molecular weight is 222 g/mol. The van der Waals surface area contributed by atoms with Crippen LogP contribution in [0.2, 0.25) is 0 Å². The molecule has 0 aromatic rings. The van der Waals surface area contributed by atoms with E-state index in [1.54, 1.807) is 0 Å². The molecule has 0 saturated carbocycles. The summed E-state index contributed by atoms with van der Waals surface area (Å²) in [5.41, 5.74) is 5.45. The maximum atomic E-state index is 11.7. The number of amides is 1. The number of nitrogens with one attached hydrogen (secondary N) is 1. The van der Waals surface area contributed by atoms with Crippen molar-refractivity contribution in [1.82, 2.24) is 10.2 Å². The van der Waals surface area contributed by atoms with E-state index in [9.17, 15) is 4.79 Å². The van der Waals surface area contributed by atoms with Crippen LogP contribution in [0.1, 0.15) is 13.8 Å². The molecular formula is C9H20ClN3O. The van der Waals surface area contributed by atoms with Crippen molar-refractivity contribution >= 4 is 18.3 Å². The number of nitrogens with two attached hydrogens (primary N) is 1. The molecule has 2 atom stereocenters. The van der Waals surface area contributed by atoms with Crippen LogP contribution in [0.3, 0.4) is 0 Å². The van der Waals surface area contributed by atoms with E-state index >= 15 is 0 Å². The van der Waals surface area contributed by atoms with Crippen molar-refractivity contribution in [2.24, 2.45) is 11.7 Å². The van der Waals surface area contributed by atoms with Crippen LogP contribution in [0.25, 0.3) is 0 Å². The molecule has 1 rings (SSSR count). The van der Waals surface area contributed by atoms with Gasteiger partial charge in [-0.1, -0.05) is 6.92 Å². The predicted molar refractivity (Wildman–Crippen MR) is 59.5 cm³/mol. The highest BCUT2D eigenvalue weighted by molar-refractivity contribution is 5.85. The first-order valence-corrected chi connectivity index (χ1v) is 4.87. The van der Waals surface area contributed by atoms with Crippen LogP contribution >= 0.6 is 12.4 Å². The van der Waals surface area contributed by atoms with Gasteiger partial charge in [0.25, 0.3) is 0 Å². The van der Waals surface area contributed by atoms with Crippen molar-refractivity contribution in [2.45, 2.75) is 19.9 Å². The van der Waals surface area contributed by atoms with E-state index in [0.29, 0.717) is 12.6 Å². The highest BCUT2D eigenvalue weighted by Gasteiger charge is 2.23. The van der Waals surface area contributed by atoms with Gasteiger partial charge in [0, 0.05) is 38.1 Å². The molecule has 2 unspecified atom stereocenters. The zero-order chi connectivity index (χ0) is 9.84. The van der Waals surface area contributed by atoms with Gasteiger partial charge in [-0.2, -0.15) is 0 Å². The molecule has 0 aliphatic carbocycles. The molecule has 1 heterocycles. The summed E-state index contributed by atoms with van der Waals surface area (Å²) in [5, 5.41) is 3.30. The van der Waals surface area contributed by atoms with Gasteiger partial charge in [0.15, 0.2) is 0 Å². The lowest BCUT2D eigenvalue weighted by molar-refractivity contribution is -0.135. The molecule has 1 aliphatic heterocycles. The van der Waals surface area contributed by atoms with Gasteiger partial charge in [-0.3, -0.25) is 4.79 Å². The quantitative estimate of drug-likeness (QED) is 0.681. The van der Waals surface area contributed by atoms with E-state index in [-0.39, 0.29) is 24.2 Å². The van der Waals surface area contributed by atoms with E-state index in [0.717, 1.165) is 19.6 Å². The number of carbonyl (C=O) groups excluding carboxylic acids is 1. The molecule has 4 nitrogen and oxygen atoms in total. The standard InChI is InChI=1S/C9H19N3O.ClH/c1-7(5-10)9(13)12-4-3-11-8(2)6-12;/h7-8,11H,3-6,10H2,1-2H3;1H. The summed E-state index contributed by atoms with van der Waals surface area (Å²) >= 11 is 0. The van der Waals surface area contributed by atoms with Gasteiger partial charge < -0.3 is 16.0 Å². The van der Waals surface area contributed by atoms with E-state index in [2.05, 4.69) is 12.2 Å². The summed E-state index contributed by atoms with van der Waals surface area (Å²) < 4.78 is 0. The molecule has 84 valence electrons. The van der Waals surface area contributed by atoms with Crippen molar-refractivity contribution in [2.75, 3.05) is 26.2 Å². The number of piperazine rings is 1. The lowest BCUT2D eigenvalue weighted by Gasteiger charge is -2.33. The normalized spacial score (nSPS) is 23.9. The first-order chi connectivity index (χ1) is 6.15. The highest BCUT2D eigenvalue weighted by Crippen LogP contribution is 2.04. The van der Waals surface area contributed by atoms with E-state index in [1.165, 1.54) is 0 Å². The zero-order valence-corrected chi connectivity index (χ0v) is 9.64.